The molecule has 1 fully saturated rings. The second kappa shape index (κ2) is 6.02. The molecule has 0 aromatic carbocycles. The third-order valence-electron chi connectivity index (χ3n) is 4.52. The van der Waals surface area contributed by atoms with E-state index in [1.165, 1.54) is 24.1 Å². The molecule has 0 atom stereocenters. The summed E-state index contributed by atoms with van der Waals surface area (Å²) in [5, 5.41) is 8.00. The van der Waals surface area contributed by atoms with Gasteiger partial charge in [0.15, 0.2) is 0 Å². The van der Waals surface area contributed by atoms with Crippen LogP contribution >= 0.6 is 0 Å². The Morgan fingerprint density at radius 1 is 1.29 bits per heavy atom. The number of rotatable bonds is 4. The minimum Gasteiger partial charge on any atom is -0.342 e. The van der Waals surface area contributed by atoms with E-state index in [0.717, 1.165) is 49.2 Å². The average molecular weight is 287 g/mol. The molecule has 2 aromatic heterocycles. The Balaban J connectivity index is 1.79. The van der Waals surface area contributed by atoms with Gasteiger partial charge in [-0.3, -0.25) is 4.68 Å². The van der Waals surface area contributed by atoms with Crippen molar-refractivity contribution in [1.82, 2.24) is 25.1 Å². The van der Waals surface area contributed by atoms with E-state index in [-0.39, 0.29) is 0 Å². The molecule has 3 heterocycles. The molecule has 1 aliphatic rings. The molecule has 2 N–H and O–H groups in total. The van der Waals surface area contributed by atoms with Crippen LogP contribution in [0.25, 0.3) is 11.3 Å². The van der Waals surface area contributed by atoms with Gasteiger partial charge < -0.3 is 10.3 Å². The summed E-state index contributed by atoms with van der Waals surface area (Å²) in [6.45, 7) is 9.51. The van der Waals surface area contributed by atoms with Gasteiger partial charge in [-0.25, -0.2) is 4.98 Å². The van der Waals surface area contributed by atoms with E-state index in [0.29, 0.717) is 0 Å². The molecule has 1 aliphatic heterocycles. The van der Waals surface area contributed by atoms with E-state index >= 15 is 0 Å². The van der Waals surface area contributed by atoms with E-state index in [1.54, 1.807) is 0 Å². The maximum Gasteiger partial charge on any atom is 0.106 e. The molecule has 0 saturated carbocycles. The number of aromatic nitrogens is 4. The Hall–Kier alpha value is -1.62. The summed E-state index contributed by atoms with van der Waals surface area (Å²) in [4.78, 5) is 8.10. The van der Waals surface area contributed by atoms with Crippen molar-refractivity contribution in [3.05, 3.63) is 23.4 Å². The van der Waals surface area contributed by atoms with E-state index in [2.05, 4.69) is 45.8 Å². The molecule has 3 rings (SSSR count). The monoisotopic (exact) mass is 287 g/mol. The van der Waals surface area contributed by atoms with Crippen molar-refractivity contribution in [3.63, 3.8) is 0 Å². The van der Waals surface area contributed by atoms with Crippen molar-refractivity contribution in [2.45, 2.75) is 46.6 Å². The Morgan fingerprint density at radius 2 is 2.05 bits per heavy atom. The number of aromatic amines is 1. The highest BCUT2D eigenvalue weighted by molar-refractivity contribution is 5.64. The molecule has 114 valence electrons. The summed E-state index contributed by atoms with van der Waals surface area (Å²) in [5.41, 5.74) is 4.60. The molecule has 0 spiro atoms. The van der Waals surface area contributed by atoms with E-state index < -0.39 is 0 Å². The van der Waals surface area contributed by atoms with Crippen LogP contribution < -0.4 is 5.32 Å². The van der Waals surface area contributed by atoms with Gasteiger partial charge in [0.25, 0.3) is 0 Å². The highest BCUT2D eigenvalue weighted by atomic mass is 15.3. The number of nitrogens with one attached hydrogen (secondary N) is 2. The van der Waals surface area contributed by atoms with E-state index in [4.69, 9.17) is 0 Å². The lowest BCUT2D eigenvalue weighted by atomic mass is 9.94. The van der Waals surface area contributed by atoms with Crippen LogP contribution in [0.3, 0.4) is 0 Å². The molecule has 0 unspecified atom stereocenters. The molecular formula is C16H25N5. The predicted octanol–water partition coefficient (Wildman–Crippen LogP) is 2.45. The van der Waals surface area contributed by atoms with E-state index in [1.807, 2.05) is 6.20 Å². The van der Waals surface area contributed by atoms with Crippen molar-refractivity contribution in [2.24, 2.45) is 5.92 Å². The second-order valence-electron chi connectivity index (χ2n) is 6.00. The van der Waals surface area contributed by atoms with Gasteiger partial charge in [-0.2, -0.15) is 5.10 Å². The third kappa shape index (κ3) is 2.88. The Bertz CT molecular complexity index is 604. The second-order valence-corrected chi connectivity index (χ2v) is 6.00. The standard InChI is InChI=1S/C16H25N5/c1-4-21-12(3)16(11(2)20-21)14-10-18-15(19-14)9-13-5-7-17-8-6-13/h10,13,17H,4-9H2,1-3H3,(H,18,19). The first kappa shape index (κ1) is 14.3. The zero-order valence-electron chi connectivity index (χ0n) is 13.2. The summed E-state index contributed by atoms with van der Waals surface area (Å²) < 4.78 is 2.05. The lowest BCUT2D eigenvalue weighted by Gasteiger charge is -2.21. The summed E-state index contributed by atoms with van der Waals surface area (Å²) in [6, 6.07) is 0. The Labute approximate surface area is 126 Å². The van der Waals surface area contributed by atoms with Gasteiger partial charge in [0.1, 0.15) is 5.82 Å². The first-order chi connectivity index (χ1) is 10.2. The topological polar surface area (TPSA) is 58.5 Å². The smallest absolute Gasteiger partial charge is 0.106 e. The number of aryl methyl sites for hydroxylation is 2. The summed E-state index contributed by atoms with van der Waals surface area (Å²) >= 11 is 0. The lowest BCUT2D eigenvalue weighted by Crippen LogP contribution is -2.28. The van der Waals surface area contributed by atoms with Crippen molar-refractivity contribution in [1.29, 1.82) is 0 Å². The van der Waals surface area contributed by atoms with Crippen LogP contribution in [-0.4, -0.2) is 32.8 Å². The molecule has 0 aliphatic carbocycles. The van der Waals surface area contributed by atoms with Crippen LogP contribution in [0, 0.1) is 19.8 Å². The fourth-order valence-corrected chi connectivity index (χ4v) is 3.35. The number of imidazole rings is 1. The Kier molecular flexibility index (Phi) is 4.10. The molecule has 0 amide bonds. The van der Waals surface area contributed by atoms with Crippen molar-refractivity contribution < 1.29 is 0 Å². The maximum atomic E-state index is 4.59. The molecule has 0 bridgehead atoms. The van der Waals surface area contributed by atoms with Crippen LogP contribution in [0.1, 0.15) is 37.0 Å². The molecule has 2 aromatic rings. The normalized spacial score (nSPS) is 16.5. The van der Waals surface area contributed by atoms with Gasteiger partial charge in [0.2, 0.25) is 0 Å². The maximum absolute atomic E-state index is 4.59. The number of piperidine rings is 1. The van der Waals surface area contributed by atoms with Gasteiger partial charge in [-0.1, -0.05) is 0 Å². The zero-order valence-corrected chi connectivity index (χ0v) is 13.2. The summed E-state index contributed by atoms with van der Waals surface area (Å²) in [5.74, 6) is 1.87. The first-order valence-corrected chi connectivity index (χ1v) is 7.98. The average Bonchev–Trinajstić information content (AvgIpc) is 3.04. The van der Waals surface area contributed by atoms with Crippen LogP contribution in [0.4, 0.5) is 0 Å². The lowest BCUT2D eigenvalue weighted by molar-refractivity contribution is 0.368. The Morgan fingerprint density at radius 3 is 2.71 bits per heavy atom. The largest absolute Gasteiger partial charge is 0.342 e. The quantitative estimate of drug-likeness (QED) is 0.908. The zero-order chi connectivity index (χ0) is 14.8. The van der Waals surface area contributed by atoms with Gasteiger partial charge in [-0.15, -0.1) is 0 Å². The fourth-order valence-electron chi connectivity index (χ4n) is 3.35. The first-order valence-electron chi connectivity index (χ1n) is 7.98. The molecule has 5 heteroatoms. The third-order valence-corrected chi connectivity index (χ3v) is 4.52. The van der Waals surface area contributed by atoms with Gasteiger partial charge >= 0.3 is 0 Å². The fraction of sp³-hybridized carbons (Fsp3) is 0.625. The SMILES string of the molecule is CCn1nc(C)c(-c2cnc(CC3CCNCC3)[nH]2)c1C. The number of H-pyrrole nitrogens is 1. The molecule has 21 heavy (non-hydrogen) atoms. The number of hydrogen-bond acceptors (Lipinski definition) is 3. The molecule has 1 saturated heterocycles. The predicted molar refractivity (Wildman–Crippen MR) is 84.3 cm³/mol. The van der Waals surface area contributed by atoms with Crippen molar-refractivity contribution in [2.75, 3.05) is 13.1 Å². The minimum atomic E-state index is 0.755. The van der Waals surface area contributed by atoms with Crippen LogP contribution in [0.15, 0.2) is 6.20 Å². The van der Waals surface area contributed by atoms with Crippen LogP contribution in [0.5, 0.6) is 0 Å². The highest BCUT2D eigenvalue weighted by Crippen LogP contribution is 2.26. The van der Waals surface area contributed by atoms with Crippen molar-refractivity contribution >= 4 is 0 Å². The summed E-state index contributed by atoms with van der Waals surface area (Å²) in [7, 11) is 0. The minimum absolute atomic E-state index is 0.755. The summed E-state index contributed by atoms with van der Waals surface area (Å²) in [6.07, 6.45) is 5.53. The van der Waals surface area contributed by atoms with Gasteiger partial charge in [0.05, 0.1) is 17.6 Å². The van der Waals surface area contributed by atoms with Gasteiger partial charge in [0, 0.05) is 24.2 Å². The number of nitrogens with zero attached hydrogens (tertiary/aromatic N) is 3. The van der Waals surface area contributed by atoms with Gasteiger partial charge in [-0.05, 0) is 52.6 Å². The highest BCUT2D eigenvalue weighted by Gasteiger charge is 2.18. The van der Waals surface area contributed by atoms with Crippen molar-refractivity contribution in [3.8, 4) is 11.3 Å². The molecular weight excluding hydrogens is 262 g/mol. The van der Waals surface area contributed by atoms with E-state index in [9.17, 15) is 0 Å². The van der Waals surface area contributed by atoms with Crippen LogP contribution in [-0.2, 0) is 13.0 Å². The number of hydrogen-bond donors (Lipinski definition) is 2. The molecule has 5 nitrogen and oxygen atoms in total. The molecule has 0 radical (unpaired) electrons. The van der Waals surface area contributed by atoms with Crippen LogP contribution in [0.2, 0.25) is 0 Å².